The quantitative estimate of drug-likeness (QED) is 0.625. The summed E-state index contributed by atoms with van der Waals surface area (Å²) < 4.78 is 5.45. The molecule has 0 heterocycles. The first-order chi connectivity index (χ1) is 11.7. The molecule has 132 valence electrons. The Balaban J connectivity index is 1.58. The molecule has 1 aromatic rings. The summed E-state index contributed by atoms with van der Waals surface area (Å²) in [5, 5.41) is 0. The first-order valence-electron chi connectivity index (χ1n) is 10.3. The second-order valence-electron chi connectivity index (χ2n) is 8.94. The zero-order valence-electron chi connectivity index (χ0n) is 15.8. The minimum atomic E-state index is 0.639. The molecular weight excluding hydrogens is 292 g/mol. The van der Waals surface area contributed by atoms with Crippen LogP contribution in [0.3, 0.4) is 0 Å². The number of aryl methyl sites for hydroxylation is 1. The molecule has 2 fully saturated rings. The zero-order valence-corrected chi connectivity index (χ0v) is 15.8. The monoisotopic (exact) mass is 326 g/mol. The zero-order chi connectivity index (χ0) is 16.7. The van der Waals surface area contributed by atoms with Crippen LogP contribution < -0.4 is 4.74 Å². The topological polar surface area (TPSA) is 9.23 Å². The highest BCUT2D eigenvalue weighted by molar-refractivity contribution is 5.40. The molecule has 0 amide bonds. The van der Waals surface area contributed by atoms with E-state index in [0.717, 1.165) is 29.4 Å². The van der Waals surface area contributed by atoms with Crippen LogP contribution in [0.5, 0.6) is 5.75 Å². The van der Waals surface area contributed by atoms with Crippen LogP contribution in [0.2, 0.25) is 0 Å². The molecule has 0 N–H and O–H groups in total. The molecule has 1 aromatic carbocycles. The van der Waals surface area contributed by atoms with Gasteiger partial charge in [-0.25, -0.2) is 0 Å². The number of rotatable bonds is 4. The Hall–Kier alpha value is -0.980. The van der Waals surface area contributed by atoms with Crippen LogP contribution in [-0.4, -0.2) is 7.11 Å². The summed E-state index contributed by atoms with van der Waals surface area (Å²) in [5.41, 5.74) is 3.87. The van der Waals surface area contributed by atoms with Gasteiger partial charge in [0.25, 0.3) is 0 Å². The van der Waals surface area contributed by atoms with Crippen LogP contribution in [0.4, 0.5) is 0 Å². The Kier molecular flexibility index (Phi) is 4.39. The van der Waals surface area contributed by atoms with E-state index in [2.05, 4.69) is 32.0 Å². The molecule has 0 aliphatic heterocycles. The van der Waals surface area contributed by atoms with Gasteiger partial charge < -0.3 is 4.74 Å². The Morgan fingerprint density at radius 3 is 2.83 bits per heavy atom. The minimum Gasteiger partial charge on any atom is -0.497 e. The molecule has 1 heteroatoms. The fourth-order valence-corrected chi connectivity index (χ4v) is 6.72. The molecule has 0 aromatic heterocycles. The lowest BCUT2D eigenvalue weighted by atomic mass is 9.54. The summed E-state index contributed by atoms with van der Waals surface area (Å²) in [4.78, 5) is 0. The summed E-state index contributed by atoms with van der Waals surface area (Å²) in [6, 6.07) is 6.88. The number of unbranched alkanes of at least 4 members (excludes halogenated alkanes) is 1. The third kappa shape index (κ3) is 2.50. The van der Waals surface area contributed by atoms with Crippen molar-refractivity contribution < 1.29 is 4.74 Å². The summed E-state index contributed by atoms with van der Waals surface area (Å²) in [7, 11) is 1.79. The smallest absolute Gasteiger partial charge is 0.119 e. The first kappa shape index (κ1) is 16.5. The van der Waals surface area contributed by atoms with Crippen molar-refractivity contribution in [3.05, 3.63) is 29.3 Å². The van der Waals surface area contributed by atoms with Gasteiger partial charge in [-0.05, 0) is 97.3 Å². The highest BCUT2D eigenvalue weighted by Crippen LogP contribution is 2.63. The van der Waals surface area contributed by atoms with Gasteiger partial charge in [-0.2, -0.15) is 0 Å². The number of hydrogen-bond acceptors (Lipinski definition) is 1. The van der Waals surface area contributed by atoms with Crippen LogP contribution in [0.1, 0.15) is 82.3 Å². The van der Waals surface area contributed by atoms with Crippen LogP contribution in [0.25, 0.3) is 0 Å². The van der Waals surface area contributed by atoms with Gasteiger partial charge in [0.1, 0.15) is 5.75 Å². The molecule has 2 saturated carbocycles. The van der Waals surface area contributed by atoms with E-state index in [-0.39, 0.29) is 0 Å². The number of ether oxygens (including phenoxy) is 1. The van der Waals surface area contributed by atoms with Crippen molar-refractivity contribution in [2.24, 2.45) is 23.2 Å². The van der Waals surface area contributed by atoms with E-state index in [1.54, 1.807) is 18.2 Å². The van der Waals surface area contributed by atoms with Gasteiger partial charge in [-0.15, -0.1) is 0 Å². The normalized spacial score (nSPS) is 37.5. The third-order valence-corrected chi connectivity index (χ3v) is 8.04. The van der Waals surface area contributed by atoms with E-state index in [1.807, 2.05) is 0 Å². The Morgan fingerprint density at radius 2 is 2.04 bits per heavy atom. The summed E-state index contributed by atoms with van der Waals surface area (Å²) in [6.07, 6.45) is 12.8. The maximum Gasteiger partial charge on any atom is 0.119 e. The van der Waals surface area contributed by atoms with E-state index in [9.17, 15) is 0 Å². The van der Waals surface area contributed by atoms with Crippen LogP contribution in [0.15, 0.2) is 18.2 Å². The molecule has 3 unspecified atom stereocenters. The maximum atomic E-state index is 5.45. The van der Waals surface area contributed by atoms with Gasteiger partial charge in [-0.1, -0.05) is 32.8 Å². The van der Waals surface area contributed by atoms with Crippen molar-refractivity contribution in [1.29, 1.82) is 0 Å². The third-order valence-electron chi connectivity index (χ3n) is 8.04. The summed E-state index contributed by atoms with van der Waals surface area (Å²) in [6.45, 7) is 5.00. The largest absolute Gasteiger partial charge is 0.497 e. The van der Waals surface area contributed by atoms with Crippen LogP contribution in [0, 0.1) is 23.2 Å². The highest BCUT2D eigenvalue weighted by Gasteiger charge is 2.54. The van der Waals surface area contributed by atoms with E-state index in [4.69, 9.17) is 4.74 Å². The van der Waals surface area contributed by atoms with E-state index in [0.29, 0.717) is 5.41 Å². The summed E-state index contributed by atoms with van der Waals surface area (Å²) in [5.74, 6) is 4.78. The average Bonchev–Trinajstić information content (AvgIpc) is 2.95. The maximum absolute atomic E-state index is 5.45. The Bertz CT molecular complexity index is 592. The first-order valence-corrected chi connectivity index (χ1v) is 10.3. The van der Waals surface area contributed by atoms with Crippen molar-refractivity contribution >= 4 is 0 Å². The molecule has 4 rings (SSSR count). The van der Waals surface area contributed by atoms with Crippen molar-refractivity contribution in [3.8, 4) is 5.75 Å². The standard InChI is InChI=1S/C23H34O/c1-4-5-6-17-8-12-22-21-10-7-16-15-18(24-3)9-11-19(16)20(21)13-14-23(17,22)2/h9,11,15,17,20-22H,4-8,10,12-14H2,1-3H3/t17-,20?,21?,22?,23+/m0/s1. The molecule has 0 bridgehead atoms. The SMILES string of the molecule is CCCC[C@H]1CCC2C3CCc4cc(OC)ccc4C3CC[C@@]21C. The lowest BCUT2D eigenvalue weighted by Crippen LogP contribution is -2.42. The van der Waals surface area contributed by atoms with Crippen LogP contribution in [-0.2, 0) is 6.42 Å². The van der Waals surface area contributed by atoms with Gasteiger partial charge in [-0.3, -0.25) is 0 Å². The van der Waals surface area contributed by atoms with E-state index < -0.39 is 0 Å². The highest BCUT2D eigenvalue weighted by atomic mass is 16.5. The second kappa shape index (κ2) is 6.39. The van der Waals surface area contributed by atoms with Crippen molar-refractivity contribution in [2.75, 3.05) is 7.11 Å². The lowest BCUT2D eigenvalue weighted by molar-refractivity contribution is 0.0253. The van der Waals surface area contributed by atoms with Crippen molar-refractivity contribution in [1.82, 2.24) is 0 Å². The summed E-state index contributed by atoms with van der Waals surface area (Å²) >= 11 is 0. The van der Waals surface area contributed by atoms with Gasteiger partial charge in [0.2, 0.25) is 0 Å². The molecule has 0 spiro atoms. The van der Waals surface area contributed by atoms with Crippen molar-refractivity contribution in [2.45, 2.75) is 77.6 Å². The van der Waals surface area contributed by atoms with Crippen LogP contribution >= 0.6 is 0 Å². The number of benzene rings is 1. The molecule has 3 aliphatic carbocycles. The number of fused-ring (bicyclic) bond motifs is 5. The van der Waals surface area contributed by atoms with Gasteiger partial charge in [0, 0.05) is 0 Å². The second-order valence-corrected chi connectivity index (χ2v) is 8.94. The van der Waals surface area contributed by atoms with E-state index >= 15 is 0 Å². The fraction of sp³-hybridized carbons (Fsp3) is 0.739. The Morgan fingerprint density at radius 1 is 1.17 bits per heavy atom. The molecule has 0 radical (unpaired) electrons. The molecular formula is C23H34O. The molecule has 24 heavy (non-hydrogen) atoms. The molecule has 0 saturated heterocycles. The number of hydrogen-bond donors (Lipinski definition) is 0. The number of methoxy groups -OCH3 is 1. The predicted octanol–water partition coefficient (Wildman–Crippen LogP) is 6.36. The van der Waals surface area contributed by atoms with Gasteiger partial charge in [0.15, 0.2) is 0 Å². The minimum absolute atomic E-state index is 0.639. The molecule has 1 nitrogen and oxygen atoms in total. The Labute approximate surface area is 148 Å². The van der Waals surface area contributed by atoms with Crippen molar-refractivity contribution in [3.63, 3.8) is 0 Å². The average molecular weight is 327 g/mol. The fourth-order valence-electron chi connectivity index (χ4n) is 6.72. The lowest BCUT2D eigenvalue weighted by Gasteiger charge is -2.51. The predicted molar refractivity (Wildman–Crippen MR) is 101 cm³/mol. The van der Waals surface area contributed by atoms with Gasteiger partial charge in [0.05, 0.1) is 7.11 Å². The van der Waals surface area contributed by atoms with Gasteiger partial charge >= 0.3 is 0 Å². The van der Waals surface area contributed by atoms with E-state index in [1.165, 1.54) is 57.8 Å². The molecule has 5 atom stereocenters. The molecule has 3 aliphatic rings.